The molecule has 0 rings (SSSR count). The Bertz CT molecular complexity index is 65.5. The lowest BCUT2D eigenvalue weighted by Gasteiger charge is -2.16. The van der Waals surface area contributed by atoms with Crippen molar-refractivity contribution < 1.29 is 5.11 Å². The van der Waals surface area contributed by atoms with E-state index in [1.165, 1.54) is 0 Å². The van der Waals surface area contributed by atoms with Crippen LogP contribution in [0.3, 0.4) is 0 Å². The van der Waals surface area contributed by atoms with Gasteiger partial charge in [0.15, 0.2) is 0 Å². The zero-order valence-corrected chi connectivity index (χ0v) is 7.04. The van der Waals surface area contributed by atoms with E-state index in [-0.39, 0.29) is 6.61 Å². The Kier molecular flexibility index (Phi) is 4.63. The van der Waals surface area contributed by atoms with Crippen molar-refractivity contribution in [1.29, 1.82) is 0 Å². The lowest BCUT2D eigenvalue weighted by Crippen LogP contribution is -2.13. The van der Waals surface area contributed by atoms with Crippen LogP contribution < -0.4 is 0 Å². The average molecular weight is 171 g/mol. The minimum Gasteiger partial charge on any atom is -0.396 e. The molecule has 0 saturated carbocycles. The van der Waals surface area contributed by atoms with Gasteiger partial charge in [-0.05, 0) is 6.42 Å². The molecule has 9 heavy (non-hydrogen) atoms. The number of aliphatic hydroxyl groups is 1. The molecule has 0 heterocycles. The summed E-state index contributed by atoms with van der Waals surface area (Å²) in [5.74, 6) is 0. The zero-order chi connectivity index (χ0) is 7.33. The van der Waals surface area contributed by atoms with Crippen LogP contribution in [-0.4, -0.2) is 16.0 Å². The molecule has 0 unspecified atom stereocenters. The van der Waals surface area contributed by atoms with Gasteiger partial charge in [-0.25, -0.2) is 0 Å². The van der Waals surface area contributed by atoms with Crippen molar-refractivity contribution in [1.82, 2.24) is 0 Å². The fourth-order valence-electron chi connectivity index (χ4n) is 0.654. The first-order valence-corrected chi connectivity index (χ1v) is 3.86. The molecule has 0 atom stereocenters. The highest BCUT2D eigenvalue weighted by Crippen LogP contribution is 2.29. The molecule has 0 aromatic carbocycles. The van der Waals surface area contributed by atoms with Crippen LogP contribution in [0.15, 0.2) is 0 Å². The topological polar surface area (TPSA) is 20.2 Å². The van der Waals surface area contributed by atoms with Crippen LogP contribution in [0.2, 0.25) is 0 Å². The molecule has 0 fully saturated rings. The number of hydrogen-bond acceptors (Lipinski definition) is 1. The van der Waals surface area contributed by atoms with Crippen molar-refractivity contribution in [3.8, 4) is 0 Å². The van der Waals surface area contributed by atoms with Gasteiger partial charge < -0.3 is 5.11 Å². The number of hydrogen-bond donors (Lipinski definition) is 1. The van der Waals surface area contributed by atoms with Crippen LogP contribution in [0.1, 0.15) is 26.2 Å². The molecule has 1 N–H and O–H groups in total. The van der Waals surface area contributed by atoms with Crippen LogP contribution >= 0.6 is 23.2 Å². The molecule has 1 nitrogen and oxygen atoms in total. The average Bonchev–Trinajstić information content (AvgIpc) is 1.64. The van der Waals surface area contributed by atoms with E-state index >= 15 is 0 Å². The highest BCUT2D eigenvalue weighted by molar-refractivity contribution is 6.48. The largest absolute Gasteiger partial charge is 0.396 e. The quantitative estimate of drug-likeness (QED) is 0.643. The smallest absolute Gasteiger partial charge is 0.120 e. The molecule has 0 aliphatic heterocycles. The Morgan fingerprint density at radius 2 is 1.89 bits per heavy atom. The maximum absolute atomic E-state index is 8.46. The first-order valence-electron chi connectivity index (χ1n) is 3.11. The van der Waals surface area contributed by atoms with E-state index in [2.05, 4.69) is 0 Å². The van der Waals surface area contributed by atoms with Gasteiger partial charge in [0.2, 0.25) is 0 Å². The standard InChI is InChI=1S/C6H12Cl2O/c1-2-3-6(7,8)4-5-9/h9H,2-5H2,1H3. The third-order valence-corrected chi connectivity index (χ3v) is 1.85. The maximum atomic E-state index is 8.46. The molecule has 0 saturated heterocycles. The summed E-state index contributed by atoms with van der Waals surface area (Å²) in [6, 6.07) is 0. The highest BCUT2D eigenvalue weighted by atomic mass is 35.5. The lowest BCUT2D eigenvalue weighted by molar-refractivity contribution is 0.278. The fraction of sp³-hybridized carbons (Fsp3) is 1.00. The zero-order valence-electron chi connectivity index (χ0n) is 5.53. The van der Waals surface area contributed by atoms with Gasteiger partial charge in [-0.1, -0.05) is 13.3 Å². The number of alkyl halides is 2. The Balaban J connectivity index is 3.43. The number of rotatable bonds is 4. The van der Waals surface area contributed by atoms with Crippen molar-refractivity contribution in [2.45, 2.75) is 30.5 Å². The van der Waals surface area contributed by atoms with E-state index in [1.807, 2.05) is 6.92 Å². The monoisotopic (exact) mass is 170 g/mol. The highest BCUT2D eigenvalue weighted by Gasteiger charge is 2.20. The molecule has 0 amide bonds. The van der Waals surface area contributed by atoms with Gasteiger partial charge in [0.1, 0.15) is 4.33 Å². The minimum atomic E-state index is -0.705. The maximum Gasteiger partial charge on any atom is 0.120 e. The molecular weight excluding hydrogens is 159 g/mol. The second kappa shape index (κ2) is 4.37. The predicted molar refractivity (Wildman–Crippen MR) is 41.0 cm³/mol. The predicted octanol–water partition coefficient (Wildman–Crippen LogP) is 2.34. The number of aliphatic hydroxyl groups excluding tert-OH is 1. The summed E-state index contributed by atoms with van der Waals surface area (Å²) in [5, 5.41) is 8.46. The van der Waals surface area contributed by atoms with Crippen molar-refractivity contribution in [3.05, 3.63) is 0 Å². The van der Waals surface area contributed by atoms with Crippen molar-refractivity contribution in [2.24, 2.45) is 0 Å². The van der Waals surface area contributed by atoms with E-state index in [0.29, 0.717) is 6.42 Å². The molecule has 0 aromatic rings. The fourth-order valence-corrected chi connectivity index (χ4v) is 1.20. The van der Waals surface area contributed by atoms with Crippen molar-refractivity contribution in [3.63, 3.8) is 0 Å². The van der Waals surface area contributed by atoms with Crippen LogP contribution in [0.25, 0.3) is 0 Å². The Labute approximate surface area is 66.0 Å². The van der Waals surface area contributed by atoms with Crippen LogP contribution in [0, 0.1) is 0 Å². The molecule has 3 heteroatoms. The van der Waals surface area contributed by atoms with E-state index in [4.69, 9.17) is 28.3 Å². The van der Waals surface area contributed by atoms with Crippen LogP contribution in [0.4, 0.5) is 0 Å². The van der Waals surface area contributed by atoms with Crippen molar-refractivity contribution in [2.75, 3.05) is 6.61 Å². The summed E-state index contributed by atoms with van der Waals surface area (Å²) in [7, 11) is 0. The third-order valence-electron chi connectivity index (χ3n) is 1.09. The Hall–Kier alpha value is 0.540. The van der Waals surface area contributed by atoms with Crippen LogP contribution in [0.5, 0.6) is 0 Å². The molecule has 0 bridgehead atoms. The summed E-state index contributed by atoms with van der Waals surface area (Å²) >= 11 is 11.5. The summed E-state index contributed by atoms with van der Waals surface area (Å²) in [6.07, 6.45) is 2.16. The van der Waals surface area contributed by atoms with E-state index in [0.717, 1.165) is 12.8 Å². The minimum absolute atomic E-state index is 0.0625. The molecular formula is C6H12Cl2O. The van der Waals surface area contributed by atoms with Gasteiger partial charge in [-0.15, -0.1) is 23.2 Å². The van der Waals surface area contributed by atoms with E-state index in [1.54, 1.807) is 0 Å². The van der Waals surface area contributed by atoms with Gasteiger partial charge in [0, 0.05) is 13.0 Å². The summed E-state index contributed by atoms with van der Waals surface area (Å²) in [4.78, 5) is 0. The van der Waals surface area contributed by atoms with Gasteiger partial charge in [-0.3, -0.25) is 0 Å². The Morgan fingerprint density at radius 3 is 2.22 bits per heavy atom. The van der Waals surface area contributed by atoms with Gasteiger partial charge in [0.05, 0.1) is 0 Å². The second-order valence-corrected chi connectivity index (χ2v) is 3.72. The summed E-state index contributed by atoms with van der Waals surface area (Å²) in [5.41, 5.74) is 0. The lowest BCUT2D eigenvalue weighted by atomic mass is 10.2. The van der Waals surface area contributed by atoms with Crippen LogP contribution in [-0.2, 0) is 0 Å². The van der Waals surface area contributed by atoms with E-state index in [9.17, 15) is 0 Å². The first-order chi connectivity index (χ1) is 4.12. The normalized spacial score (nSPS) is 12.0. The van der Waals surface area contributed by atoms with E-state index < -0.39 is 4.33 Å². The molecule has 0 aromatic heterocycles. The van der Waals surface area contributed by atoms with Gasteiger partial charge >= 0.3 is 0 Å². The molecule has 0 aliphatic rings. The molecule has 56 valence electrons. The van der Waals surface area contributed by atoms with Gasteiger partial charge in [-0.2, -0.15) is 0 Å². The summed E-state index contributed by atoms with van der Waals surface area (Å²) < 4.78 is -0.705. The SMILES string of the molecule is CCCC(Cl)(Cl)CCO. The molecule has 0 aliphatic carbocycles. The first kappa shape index (κ1) is 9.54. The third kappa shape index (κ3) is 5.01. The van der Waals surface area contributed by atoms with Crippen molar-refractivity contribution >= 4 is 23.2 Å². The summed E-state index contributed by atoms with van der Waals surface area (Å²) in [6.45, 7) is 2.07. The Morgan fingerprint density at radius 1 is 1.33 bits per heavy atom. The number of halogens is 2. The second-order valence-electron chi connectivity index (χ2n) is 2.08. The molecule has 0 radical (unpaired) electrons. The molecule has 0 spiro atoms. The van der Waals surface area contributed by atoms with Gasteiger partial charge in [0.25, 0.3) is 0 Å².